The van der Waals surface area contributed by atoms with E-state index in [2.05, 4.69) is 87.8 Å². The van der Waals surface area contributed by atoms with Gasteiger partial charge in [-0.15, -0.1) is 0 Å². The minimum Gasteiger partial charge on any atom is -0.354 e. The Morgan fingerprint density at radius 3 is 2.58 bits per heavy atom. The predicted octanol–water partition coefficient (Wildman–Crippen LogP) is 6.20. The molecule has 0 spiro atoms. The van der Waals surface area contributed by atoms with Crippen molar-refractivity contribution in [3.63, 3.8) is 0 Å². The maximum absolute atomic E-state index is 13.7. The number of benzene rings is 2. The Morgan fingerprint density at radius 2 is 1.82 bits per heavy atom. The van der Waals surface area contributed by atoms with Crippen molar-refractivity contribution in [2.24, 2.45) is 5.92 Å². The number of aromatic amines is 1. The molecule has 2 aromatic carbocycles. The topological polar surface area (TPSA) is 61.0 Å². The number of aryl methyl sites for hydroxylation is 2. The summed E-state index contributed by atoms with van der Waals surface area (Å²) < 4.78 is 0. The fourth-order valence-corrected chi connectivity index (χ4v) is 6.71. The molecule has 0 aliphatic carbocycles. The normalized spacial score (nSPS) is 20.6. The molecule has 196 valence electrons. The van der Waals surface area contributed by atoms with Crippen LogP contribution in [0.3, 0.4) is 0 Å². The number of nitrogens with zero attached hydrogens (tertiary/aromatic N) is 2. The molecule has 2 fully saturated rings. The third-order valence-electron chi connectivity index (χ3n) is 8.77. The van der Waals surface area contributed by atoms with Crippen molar-refractivity contribution < 1.29 is 4.79 Å². The molecular formula is C33H38N4O. The molecule has 2 aliphatic heterocycles. The molecule has 2 N–H and O–H groups in total. The van der Waals surface area contributed by atoms with Crippen LogP contribution in [0.5, 0.6) is 0 Å². The third kappa shape index (κ3) is 4.76. The standard InChI is InChI=1S/C33H38N4O/c1-3-27-29-20-25(9-10-31(29)36-32(27)26-11-16-35-22(2)19-26)23-13-17-37(18-14-23)33(38)28-12-15-34-21-30(28)24-7-5-4-6-8-24/h4-11,16,19-20,23,28,30,34,36H,3,12-15,17-18,21H2,1-2H3. The summed E-state index contributed by atoms with van der Waals surface area (Å²) >= 11 is 0. The van der Waals surface area contributed by atoms with Gasteiger partial charge in [0, 0.05) is 65.5 Å². The van der Waals surface area contributed by atoms with Gasteiger partial charge in [-0.1, -0.05) is 43.3 Å². The Labute approximate surface area is 225 Å². The molecule has 0 saturated carbocycles. The molecule has 2 aliphatic rings. The molecule has 2 atom stereocenters. The highest BCUT2D eigenvalue weighted by atomic mass is 16.2. The maximum Gasteiger partial charge on any atom is 0.226 e. The Balaban J connectivity index is 1.18. The Kier molecular flexibility index (Phi) is 7.03. The summed E-state index contributed by atoms with van der Waals surface area (Å²) in [5, 5.41) is 4.84. The number of pyridine rings is 1. The van der Waals surface area contributed by atoms with Gasteiger partial charge >= 0.3 is 0 Å². The van der Waals surface area contributed by atoms with E-state index < -0.39 is 0 Å². The van der Waals surface area contributed by atoms with Crippen LogP contribution >= 0.6 is 0 Å². The van der Waals surface area contributed by atoms with Crippen molar-refractivity contribution in [1.29, 1.82) is 0 Å². The van der Waals surface area contributed by atoms with E-state index in [1.807, 2.05) is 13.1 Å². The number of likely N-dealkylation sites (tertiary alicyclic amines) is 1. The molecule has 2 saturated heterocycles. The fourth-order valence-electron chi connectivity index (χ4n) is 6.71. The third-order valence-corrected chi connectivity index (χ3v) is 8.77. The van der Waals surface area contributed by atoms with Crippen LogP contribution in [0.25, 0.3) is 22.2 Å². The second-order valence-electron chi connectivity index (χ2n) is 11.0. The van der Waals surface area contributed by atoms with Crippen molar-refractivity contribution in [3.8, 4) is 11.3 Å². The van der Waals surface area contributed by atoms with Crippen molar-refractivity contribution in [3.05, 3.63) is 89.2 Å². The van der Waals surface area contributed by atoms with Crippen LogP contribution in [0.15, 0.2) is 66.9 Å². The second kappa shape index (κ2) is 10.7. The predicted molar refractivity (Wildman–Crippen MR) is 154 cm³/mol. The van der Waals surface area contributed by atoms with Crippen LogP contribution in [0, 0.1) is 12.8 Å². The summed E-state index contributed by atoms with van der Waals surface area (Å²) in [4.78, 5) is 23.9. The average molecular weight is 507 g/mol. The number of piperidine rings is 2. The first-order valence-electron chi connectivity index (χ1n) is 14.2. The number of H-pyrrole nitrogens is 1. The number of amides is 1. The number of hydrogen-bond acceptors (Lipinski definition) is 3. The van der Waals surface area contributed by atoms with Crippen LogP contribution < -0.4 is 5.32 Å². The zero-order valence-electron chi connectivity index (χ0n) is 22.5. The van der Waals surface area contributed by atoms with Gasteiger partial charge in [0.05, 0.1) is 0 Å². The van der Waals surface area contributed by atoms with Crippen LogP contribution in [-0.4, -0.2) is 47.0 Å². The van der Waals surface area contributed by atoms with Crippen LogP contribution in [-0.2, 0) is 11.2 Å². The lowest BCUT2D eigenvalue weighted by Gasteiger charge is -2.38. The van der Waals surface area contributed by atoms with Gasteiger partial charge in [0.25, 0.3) is 0 Å². The first kappa shape index (κ1) is 24.9. The van der Waals surface area contributed by atoms with Gasteiger partial charge in [0.15, 0.2) is 0 Å². The highest BCUT2D eigenvalue weighted by Crippen LogP contribution is 2.37. The molecule has 5 heteroatoms. The molecule has 5 nitrogen and oxygen atoms in total. The minimum atomic E-state index is 0.0776. The monoisotopic (exact) mass is 506 g/mol. The molecule has 2 unspecified atom stereocenters. The van der Waals surface area contributed by atoms with Gasteiger partial charge in [-0.25, -0.2) is 0 Å². The molecule has 0 radical (unpaired) electrons. The number of carbonyl (C=O) groups is 1. The Hall–Kier alpha value is -3.44. The van der Waals surface area contributed by atoms with E-state index >= 15 is 0 Å². The summed E-state index contributed by atoms with van der Waals surface area (Å²) in [6.45, 7) is 7.78. The van der Waals surface area contributed by atoms with E-state index in [9.17, 15) is 4.79 Å². The van der Waals surface area contributed by atoms with E-state index in [0.717, 1.165) is 57.6 Å². The molecule has 38 heavy (non-hydrogen) atoms. The van der Waals surface area contributed by atoms with Crippen molar-refractivity contribution in [1.82, 2.24) is 20.2 Å². The summed E-state index contributed by atoms with van der Waals surface area (Å²) in [5.41, 5.74) is 8.69. The summed E-state index contributed by atoms with van der Waals surface area (Å²) in [6.07, 6.45) is 5.84. The Morgan fingerprint density at radius 1 is 1.00 bits per heavy atom. The van der Waals surface area contributed by atoms with Gasteiger partial charge in [-0.2, -0.15) is 0 Å². The smallest absolute Gasteiger partial charge is 0.226 e. The molecule has 4 aromatic rings. The van der Waals surface area contributed by atoms with E-state index in [1.165, 1.54) is 38.9 Å². The van der Waals surface area contributed by atoms with E-state index in [4.69, 9.17) is 0 Å². The van der Waals surface area contributed by atoms with E-state index in [-0.39, 0.29) is 11.8 Å². The second-order valence-corrected chi connectivity index (χ2v) is 11.0. The number of rotatable bonds is 5. The van der Waals surface area contributed by atoms with Gasteiger partial charge in [0.2, 0.25) is 5.91 Å². The van der Waals surface area contributed by atoms with Crippen LogP contribution in [0.1, 0.15) is 60.4 Å². The Bertz CT molecular complexity index is 1420. The number of aromatic nitrogens is 2. The lowest BCUT2D eigenvalue weighted by molar-refractivity contribution is -0.138. The summed E-state index contributed by atoms with van der Waals surface area (Å²) in [5.74, 6) is 1.18. The average Bonchev–Trinajstić information content (AvgIpc) is 3.35. The first-order valence-corrected chi connectivity index (χ1v) is 14.2. The molecule has 4 heterocycles. The number of fused-ring (bicyclic) bond motifs is 1. The highest BCUT2D eigenvalue weighted by molar-refractivity contribution is 5.91. The maximum atomic E-state index is 13.7. The zero-order chi connectivity index (χ0) is 26.1. The highest BCUT2D eigenvalue weighted by Gasteiger charge is 2.36. The number of nitrogens with one attached hydrogen (secondary N) is 2. The summed E-state index contributed by atoms with van der Waals surface area (Å²) in [6, 6.07) is 21.8. The van der Waals surface area contributed by atoms with Crippen molar-refractivity contribution in [2.45, 2.75) is 51.4 Å². The van der Waals surface area contributed by atoms with Crippen molar-refractivity contribution in [2.75, 3.05) is 26.2 Å². The molecule has 6 rings (SSSR count). The van der Waals surface area contributed by atoms with Gasteiger partial charge < -0.3 is 15.2 Å². The molecule has 1 amide bonds. The van der Waals surface area contributed by atoms with Crippen molar-refractivity contribution >= 4 is 16.8 Å². The molecular weight excluding hydrogens is 468 g/mol. The van der Waals surface area contributed by atoms with Gasteiger partial charge in [-0.05, 0) is 86.0 Å². The van der Waals surface area contributed by atoms with Gasteiger partial charge in [-0.3, -0.25) is 9.78 Å². The molecule has 0 bridgehead atoms. The fraction of sp³-hybridized carbons (Fsp3) is 0.394. The molecule has 2 aromatic heterocycles. The lowest BCUT2D eigenvalue weighted by atomic mass is 9.80. The summed E-state index contributed by atoms with van der Waals surface area (Å²) in [7, 11) is 0. The van der Waals surface area contributed by atoms with Crippen LogP contribution in [0.4, 0.5) is 0 Å². The van der Waals surface area contributed by atoms with E-state index in [0.29, 0.717) is 11.8 Å². The quantitative estimate of drug-likeness (QED) is 0.339. The largest absolute Gasteiger partial charge is 0.354 e. The minimum absolute atomic E-state index is 0.0776. The van der Waals surface area contributed by atoms with Gasteiger partial charge in [0.1, 0.15) is 0 Å². The van der Waals surface area contributed by atoms with E-state index in [1.54, 1.807) is 0 Å². The number of hydrogen-bond donors (Lipinski definition) is 2. The van der Waals surface area contributed by atoms with Crippen LogP contribution in [0.2, 0.25) is 0 Å². The SMILES string of the molecule is CCc1c(-c2ccnc(C)c2)[nH]c2ccc(C3CCN(C(=O)C4CCNCC4c4ccccc4)CC3)cc12. The zero-order valence-corrected chi connectivity index (χ0v) is 22.5. The number of carbonyl (C=O) groups excluding carboxylic acids is 1. The lowest BCUT2D eigenvalue weighted by Crippen LogP contribution is -2.47. The first-order chi connectivity index (χ1) is 18.6.